The number of ether oxygens (including phenoxy) is 1. The number of para-hydroxylation sites is 1. The van der Waals surface area contributed by atoms with Crippen LogP contribution >= 0.6 is 0 Å². The van der Waals surface area contributed by atoms with Crippen LogP contribution in [-0.4, -0.2) is 36.3 Å². The van der Waals surface area contributed by atoms with Gasteiger partial charge in [0.15, 0.2) is 6.61 Å². The molecule has 30 heavy (non-hydrogen) atoms. The predicted octanol–water partition coefficient (Wildman–Crippen LogP) is 3.26. The standard InChI is InChI=1S/C23H24N2O5/c1-4-7-15(3)24-20(26)13-30-23(29)16-10-11-17-18(12-16)22(28)25(21(17)27)19-9-6-5-8-14(19)2/h5-6,8-12,15H,4,7,13H2,1-3H3,(H,24,26)/t15-/m1/s1. The number of benzene rings is 2. The molecule has 1 aliphatic heterocycles. The highest BCUT2D eigenvalue weighted by Crippen LogP contribution is 2.31. The van der Waals surface area contributed by atoms with Gasteiger partial charge in [0.2, 0.25) is 0 Å². The van der Waals surface area contributed by atoms with E-state index in [1.807, 2.05) is 32.9 Å². The molecule has 0 aromatic heterocycles. The molecule has 3 rings (SSSR count). The Hall–Kier alpha value is -3.48. The molecule has 0 unspecified atom stereocenters. The van der Waals surface area contributed by atoms with Crippen molar-refractivity contribution in [3.05, 3.63) is 64.7 Å². The number of anilines is 1. The van der Waals surface area contributed by atoms with Gasteiger partial charge in [-0.3, -0.25) is 14.4 Å². The fraction of sp³-hybridized carbons (Fsp3) is 0.304. The van der Waals surface area contributed by atoms with Crippen LogP contribution in [0.2, 0.25) is 0 Å². The minimum absolute atomic E-state index is 0.00254. The van der Waals surface area contributed by atoms with Gasteiger partial charge < -0.3 is 10.1 Å². The molecule has 3 amide bonds. The second kappa shape index (κ2) is 8.90. The van der Waals surface area contributed by atoms with E-state index in [2.05, 4.69) is 5.32 Å². The predicted molar refractivity (Wildman–Crippen MR) is 112 cm³/mol. The zero-order valence-electron chi connectivity index (χ0n) is 17.2. The molecule has 0 fully saturated rings. The maximum absolute atomic E-state index is 12.9. The van der Waals surface area contributed by atoms with Crippen molar-refractivity contribution < 1.29 is 23.9 Å². The van der Waals surface area contributed by atoms with Crippen molar-refractivity contribution in [3.63, 3.8) is 0 Å². The fourth-order valence-corrected chi connectivity index (χ4v) is 3.44. The van der Waals surface area contributed by atoms with Crippen molar-refractivity contribution in [2.75, 3.05) is 11.5 Å². The minimum Gasteiger partial charge on any atom is -0.452 e. The second-order valence-corrected chi connectivity index (χ2v) is 7.33. The molecule has 0 aliphatic carbocycles. The molecule has 0 saturated heterocycles. The summed E-state index contributed by atoms with van der Waals surface area (Å²) in [5.74, 6) is -2.05. The van der Waals surface area contributed by atoms with Gasteiger partial charge in [0.25, 0.3) is 17.7 Å². The lowest BCUT2D eigenvalue weighted by molar-refractivity contribution is -0.124. The van der Waals surface area contributed by atoms with Gasteiger partial charge in [-0.05, 0) is 50.1 Å². The Morgan fingerprint density at radius 1 is 1.07 bits per heavy atom. The number of imide groups is 1. The summed E-state index contributed by atoms with van der Waals surface area (Å²) in [5.41, 5.74) is 1.77. The second-order valence-electron chi connectivity index (χ2n) is 7.33. The Labute approximate surface area is 175 Å². The third-order valence-electron chi connectivity index (χ3n) is 4.94. The number of fused-ring (bicyclic) bond motifs is 1. The summed E-state index contributed by atoms with van der Waals surface area (Å²) in [6, 6.07) is 11.3. The molecule has 1 heterocycles. The lowest BCUT2D eigenvalue weighted by Gasteiger charge is -2.16. The molecule has 1 atom stereocenters. The van der Waals surface area contributed by atoms with Crippen molar-refractivity contribution in [1.29, 1.82) is 0 Å². The van der Waals surface area contributed by atoms with E-state index in [0.29, 0.717) is 5.69 Å². The van der Waals surface area contributed by atoms with Gasteiger partial charge in [-0.25, -0.2) is 9.69 Å². The van der Waals surface area contributed by atoms with Crippen LogP contribution in [0.15, 0.2) is 42.5 Å². The van der Waals surface area contributed by atoms with Crippen LogP contribution in [0.3, 0.4) is 0 Å². The van der Waals surface area contributed by atoms with Crippen molar-refractivity contribution in [2.24, 2.45) is 0 Å². The lowest BCUT2D eigenvalue weighted by Crippen LogP contribution is -2.35. The van der Waals surface area contributed by atoms with Gasteiger partial charge in [-0.2, -0.15) is 0 Å². The third kappa shape index (κ3) is 4.25. The average molecular weight is 408 g/mol. The molecule has 0 saturated carbocycles. The third-order valence-corrected chi connectivity index (χ3v) is 4.94. The molecule has 1 aliphatic rings. The smallest absolute Gasteiger partial charge is 0.338 e. The Morgan fingerprint density at radius 2 is 1.77 bits per heavy atom. The minimum atomic E-state index is -0.731. The topological polar surface area (TPSA) is 92.8 Å². The SMILES string of the molecule is CCC[C@@H](C)NC(=O)COC(=O)c1ccc2c(c1)C(=O)N(c1ccccc1C)C2=O. The highest BCUT2D eigenvalue weighted by molar-refractivity contribution is 6.34. The number of amides is 3. The van der Waals surface area contributed by atoms with E-state index >= 15 is 0 Å². The quantitative estimate of drug-likeness (QED) is 0.561. The van der Waals surface area contributed by atoms with Gasteiger partial charge in [-0.15, -0.1) is 0 Å². The summed E-state index contributed by atoms with van der Waals surface area (Å²) in [4.78, 5) is 51.0. The first-order chi connectivity index (χ1) is 14.3. The van der Waals surface area contributed by atoms with Gasteiger partial charge in [-0.1, -0.05) is 31.5 Å². The van der Waals surface area contributed by atoms with Crippen LogP contribution in [0.1, 0.15) is 63.3 Å². The molecule has 7 heteroatoms. The Balaban J connectivity index is 1.73. The molecule has 0 bridgehead atoms. The number of carbonyl (C=O) groups excluding carboxylic acids is 4. The number of nitrogens with one attached hydrogen (secondary N) is 1. The summed E-state index contributed by atoms with van der Waals surface area (Å²) in [7, 11) is 0. The molecule has 7 nitrogen and oxygen atoms in total. The number of hydrogen-bond donors (Lipinski definition) is 1. The number of rotatable bonds is 7. The maximum Gasteiger partial charge on any atom is 0.338 e. The van der Waals surface area contributed by atoms with E-state index in [1.54, 1.807) is 12.1 Å². The van der Waals surface area contributed by atoms with E-state index in [0.717, 1.165) is 23.3 Å². The summed E-state index contributed by atoms with van der Waals surface area (Å²) in [6.45, 7) is 5.30. The fourth-order valence-electron chi connectivity index (χ4n) is 3.44. The van der Waals surface area contributed by atoms with Crippen LogP contribution in [0.4, 0.5) is 5.69 Å². The lowest BCUT2D eigenvalue weighted by atomic mass is 10.1. The van der Waals surface area contributed by atoms with Crippen molar-refractivity contribution in [1.82, 2.24) is 5.32 Å². The largest absolute Gasteiger partial charge is 0.452 e. The number of hydrogen-bond acceptors (Lipinski definition) is 5. The first-order valence-corrected chi connectivity index (χ1v) is 9.88. The van der Waals surface area contributed by atoms with Gasteiger partial charge in [0, 0.05) is 6.04 Å². The number of aryl methyl sites for hydroxylation is 1. The number of esters is 1. The molecule has 0 radical (unpaired) electrons. The zero-order chi connectivity index (χ0) is 21.8. The van der Waals surface area contributed by atoms with Crippen molar-refractivity contribution >= 4 is 29.4 Å². The molecular weight excluding hydrogens is 384 g/mol. The van der Waals surface area contributed by atoms with Gasteiger partial charge in [0.05, 0.1) is 22.4 Å². The summed E-state index contributed by atoms with van der Waals surface area (Å²) < 4.78 is 5.06. The molecule has 2 aromatic carbocycles. The zero-order valence-corrected chi connectivity index (χ0v) is 17.2. The first kappa shape index (κ1) is 21.2. The highest BCUT2D eigenvalue weighted by atomic mass is 16.5. The van der Waals surface area contributed by atoms with Crippen LogP contribution < -0.4 is 10.2 Å². The van der Waals surface area contributed by atoms with E-state index < -0.39 is 24.4 Å². The van der Waals surface area contributed by atoms with E-state index in [-0.39, 0.29) is 28.6 Å². The number of nitrogens with zero attached hydrogens (tertiary/aromatic N) is 1. The monoisotopic (exact) mass is 408 g/mol. The average Bonchev–Trinajstić information content (AvgIpc) is 2.96. The van der Waals surface area contributed by atoms with Crippen molar-refractivity contribution in [3.8, 4) is 0 Å². The van der Waals surface area contributed by atoms with Crippen LogP contribution in [0.5, 0.6) is 0 Å². The molecule has 0 spiro atoms. The Bertz CT molecular complexity index is 1010. The Kier molecular flexibility index (Phi) is 6.30. The normalized spacial score (nSPS) is 13.8. The molecule has 1 N–H and O–H groups in total. The summed E-state index contributed by atoms with van der Waals surface area (Å²) in [6.07, 6.45) is 1.76. The number of carbonyl (C=O) groups is 4. The molecule has 156 valence electrons. The first-order valence-electron chi connectivity index (χ1n) is 9.88. The van der Waals surface area contributed by atoms with Crippen LogP contribution in [0, 0.1) is 6.92 Å². The maximum atomic E-state index is 12.9. The van der Waals surface area contributed by atoms with Gasteiger partial charge in [0.1, 0.15) is 0 Å². The van der Waals surface area contributed by atoms with Crippen molar-refractivity contribution in [2.45, 2.75) is 39.7 Å². The van der Waals surface area contributed by atoms with E-state index in [4.69, 9.17) is 4.74 Å². The highest BCUT2D eigenvalue weighted by Gasteiger charge is 2.37. The van der Waals surface area contributed by atoms with Crippen LogP contribution in [0.25, 0.3) is 0 Å². The molecular formula is C23H24N2O5. The molecule has 2 aromatic rings. The van der Waals surface area contributed by atoms with E-state index in [9.17, 15) is 19.2 Å². The van der Waals surface area contributed by atoms with E-state index in [1.165, 1.54) is 18.2 Å². The summed E-state index contributed by atoms with van der Waals surface area (Å²) in [5, 5.41) is 2.75. The van der Waals surface area contributed by atoms with Crippen LogP contribution in [-0.2, 0) is 9.53 Å². The Morgan fingerprint density at radius 3 is 2.47 bits per heavy atom. The van der Waals surface area contributed by atoms with Gasteiger partial charge >= 0.3 is 5.97 Å². The summed E-state index contributed by atoms with van der Waals surface area (Å²) >= 11 is 0.